The van der Waals surface area contributed by atoms with Crippen LogP contribution in [0.5, 0.6) is 0 Å². The molecule has 0 aliphatic heterocycles. The minimum atomic E-state index is -1.10. The second-order valence-electron chi connectivity index (χ2n) is 2.00. The molecule has 0 saturated heterocycles. The fourth-order valence-electron chi connectivity index (χ4n) is 0.642. The Balaban J connectivity index is 4.64. The molecule has 6 heteroatoms. The summed E-state index contributed by atoms with van der Waals surface area (Å²) >= 11 is 5.97. The van der Waals surface area contributed by atoms with Crippen molar-refractivity contribution in [2.45, 2.75) is 0 Å². The van der Waals surface area contributed by atoms with Crippen molar-refractivity contribution in [2.24, 2.45) is 5.92 Å². The van der Waals surface area contributed by atoms with E-state index >= 15 is 0 Å². The number of methoxy groups -OCH3 is 2. The zero-order valence-corrected chi connectivity index (χ0v) is 9.16. The quantitative estimate of drug-likeness (QED) is 0.397. The number of thiocarbonyl (C=S) groups is 1. The van der Waals surface area contributed by atoms with Crippen molar-refractivity contribution in [1.82, 2.24) is 0 Å². The summed E-state index contributed by atoms with van der Waals surface area (Å²) in [5.74, 6) is -2.47. The molecule has 74 valence electrons. The van der Waals surface area contributed by atoms with Gasteiger partial charge in [0.15, 0.2) is 5.92 Å². The zero-order chi connectivity index (χ0) is 10.4. The Morgan fingerprint density at radius 1 is 1.23 bits per heavy atom. The molecule has 0 radical (unpaired) electrons. The summed E-state index contributed by atoms with van der Waals surface area (Å²) in [6.07, 6.45) is 1.68. The molecule has 0 fully saturated rings. The van der Waals surface area contributed by atoms with Crippen molar-refractivity contribution in [1.29, 1.82) is 0 Å². The first kappa shape index (κ1) is 12.4. The summed E-state index contributed by atoms with van der Waals surface area (Å²) in [6, 6.07) is 0. The van der Waals surface area contributed by atoms with Crippen LogP contribution in [0.4, 0.5) is 0 Å². The molecule has 13 heavy (non-hydrogen) atoms. The van der Waals surface area contributed by atoms with Crippen molar-refractivity contribution in [3.8, 4) is 0 Å². The fraction of sp³-hybridized carbons (Fsp3) is 0.571. The highest BCUT2D eigenvalue weighted by atomic mass is 32.2. The van der Waals surface area contributed by atoms with Gasteiger partial charge in [0.05, 0.1) is 18.4 Å². The van der Waals surface area contributed by atoms with E-state index in [1.807, 2.05) is 0 Å². The zero-order valence-electron chi connectivity index (χ0n) is 7.53. The SMILES string of the molecule is COC(=O)C(C(=O)OC)C(=S)SC. The smallest absolute Gasteiger partial charge is 0.326 e. The molecule has 0 aromatic carbocycles. The molecule has 0 rings (SSSR count). The van der Waals surface area contributed by atoms with Gasteiger partial charge in [0.2, 0.25) is 0 Å². The van der Waals surface area contributed by atoms with Gasteiger partial charge in [-0.3, -0.25) is 9.59 Å². The Kier molecular flexibility index (Phi) is 5.65. The Morgan fingerprint density at radius 2 is 1.62 bits per heavy atom. The molecule has 0 bridgehead atoms. The highest BCUT2D eigenvalue weighted by Crippen LogP contribution is 2.13. The molecule has 0 atom stereocenters. The number of carbonyl (C=O) groups excluding carboxylic acids is 2. The molecule has 0 aliphatic rings. The Morgan fingerprint density at radius 3 is 1.85 bits per heavy atom. The Bertz CT molecular complexity index is 188. The van der Waals surface area contributed by atoms with E-state index in [-0.39, 0.29) is 4.20 Å². The lowest BCUT2D eigenvalue weighted by Gasteiger charge is -2.11. The summed E-state index contributed by atoms with van der Waals surface area (Å²) in [6.45, 7) is 0. The second kappa shape index (κ2) is 5.93. The minimum absolute atomic E-state index is 0.249. The molecule has 0 aromatic rings. The summed E-state index contributed by atoms with van der Waals surface area (Å²) in [4.78, 5) is 22.2. The molecular formula is C7H10O4S2. The molecule has 0 spiro atoms. The van der Waals surface area contributed by atoms with Gasteiger partial charge in [-0.15, -0.1) is 11.8 Å². The monoisotopic (exact) mass is 222 g/mol. The molecule has 0 heterocycles. The Hall–Kier alpha value is -0.620. The predicted molar refractivity (Wildman–Crippen MR) is 53.6 cm³/mol. The van der Waals surface area contributed by atoms with Gasteiger partial charge in [-0.25, -0.2) is 0 Å². The number of rotatable bonds is 3. The van der Waals surface area contributed by atoms with Crippen LogP contribution in [-0.4, -0.2) is 36.6 Å². The number of hydrogen-bond donors (Lipinski definition) is 0. The van der Waals surface area contributed by atoms with Gasteiger partial charge < -0.3 is 9.47 Å². The average Bonchev–Trinajstić information content (AvgIpc) is 2.16. The second-order valence-corrected chi connectivity index (χ2v) is 3.55. The normalized spacial score (nSPS) is 9.54. The average molecular weight is 222 g/mol. The van der Waals surface area contributed by atoms with Crippen molar-refractivity contribution in [3.63, 3.8) is 0 Å². The van der Waals surface area contributed by atoms with Gasteiger partial charge in [0, 0.05) is 0 Å². The third kappa shape index (κ3) is 3.31. The summed E-state index contributed by atoms with van der Waals surface area (Å²) in [5.41, 5.74) is 0. The fourth-order valence-corrected chi connectivity index (χ4v) is 1.26. The van der Waals surface area contributed by atoms with Crippen LogP contribution in [0.3, 0.4) is 0 Å². The molecule has 0 amide bonds. The number of ether oxygens (including phenoxy) is 2. The van der Waals surface area contributed by atoms with Gasteiger partial charge in [0.1, 0.15) is 0 Å². The van der Waals surface area contributed by atoms with Crippen molar-refractivity contribution in [3.05, 3.63) is 0 Å². The molecular weight excluding hydrogens is 212 g/mol. The van der Waals surface area contributed by atoms with Gasteiger partial charge in [0.25, 0.3) is 0 Å². The van der Waals surface area contributed by atoms with Gasteiger partial charge >= 0.3 is 11.9 Å². The van der Waals surface area contributed by atoms with Gasteiger partial charge in [-0.2, -0.15) is 0 Å². The van der Waals surface area contributed by atoms with Crippen molar-refractivity contribution < 1.29 is 19.1 Å². The number of hydrogen-bond acceptors (Lipinski definition) is 6. The first-order valence-corrected chi connectivity index (χ1v) is 4.95. The van der Waals surface area contributed by atoms with Crippen LogP contribution in [-0.2, 0) is 19.1 Å². The molecule has 0 saturated carbocycles. The maximum Gasteiger partial charge on any atom is 0.326 e. The largest absolute Gasteiger partial charge is 0.468 e. The van der Waals surface area contributed by atoms with Crippen LogP contribution in [0.2, 0.25) is 0 Å². The lowest BCUT2D eigenvalue weighted by molar-refractivity contribution is -0.154. The molecule has 4 nitrogen and oxygen atoms in total. The Labute approximate surface area is 86.0 Å². The van der Waals surface area contributed by atoms with E-state index in [2.05, 4.69) is 9.47 Å². The predicted octanol–water partition coefficient (Wildman–Crippen LogP) is 0.639. The molecule has 0 unspecified atom stereocenters. The van der Waals surface area contributed by atoms with Gasteiger partial charge in [-0.1, -0.05) is 12.2 Å². The van der Waals surface area contributed by atoms with E-state index in [9.17, 15) is 9.59 Å². The first-order valence-electron chi connectivity index (χ1n) is 3.32. The lowest BCUT2D eigenvalue weighted by atomic mass is 10.2. The maximum atomic E-state index is 11.1. The van der Waals surface area contributed by atoms with Crippen molar-refractivity contribution >= 4 is 40.1 Å². The third-order valence-corrected chi connectivity index (χ3v) is 2.68. The van der Waals surface area contributed by atoms with E-state index in [0.717, 1.165) is 11.8 Å². The van der Waals surface area contributed by atoms with Crippen LogP contribution in [0, 0.1) is 5.92 Å². The molecule has 0 N–H and O–H groups in total. The number of carbonyl (C=O) groups is 2. The minimum Gasteiger partial charge on any atom is -0.468 e. The molecule has 0 aliphatic carbocycles. The first-order chi connectivity index (χ1) is 6.08. The van der Waals surface area contributed by atoms with Crippen molar-refractivity contribution in [2.75, 3.05) is 20.5 Å². The van der Waals surface area contributed by atoms with E-state index in [4.69, 9.17) is 12.2 Å². The molecule has 0 aromatic heterocycles. The summed E-state index contributed by atoms with van der Waals surface area (Å²) in [5, 5.41) is 0. The van der Waals surface area contributed by atoms with Crippen LogP contribution in [0.1, 0.15) is 0 Å². The van der Waals surface area contributed by atoms with E-state index < -0.39 is 17.9 Å². The van der Waals surface area contributed by atoms with Crippen LogP contribution < -0.4 is 0 Å². The number of thioether (sulfide) groups is 1. The summed E-state index contributed by atoms with van der Waals surface area (Å²) < 4.78 is 9.08. The van der Waals surface area contributed by atoms with E-state index in [1.54, 1.807) is 6.26 Å². The summed E-state index contributed by atoms with van der Waals surface area (Å²) in [7, 11) is 2.39. The standard InChI is InChI=1S/C7H10O4S2/c1-10-5(8)4(6(9)11-2)7(12)13-3/h4H,1-3H3. The van der Waals surface area contributed by atoms with E-state index in [0.29, 0.717) is 0 Å². The van der Waals surface area contributed by atoms with E-state index in [1.165, 1.54) is 14.2 Å². The number of esters is 2. The topological polar surface area (TPSA) is 52.6 Å². The highest BCUT2D eigenvalue weighted by molar-refractivity contribution is 8.22. The lowest BCUT2D eigenvalue weighted by Crippen LogP contribution is -2.31. The van der Waals surface area contributed by atoms with Crippen LogP contribution >= 0.6 is 24.0 Å². The van der Waals surface area contributed by atoms with Crippen LogP contribution in [0.15, 0.2) is 0 Å². The van der Waals surface area contributed by atoms with Gasteiger partial charge in [-0.05, 0) is 6.26 Å². The third-order valence-electron chi connectivity index (χ3n) is 1.31. The highest BCUT2D eigenvalue weighted by Gasteiger charge is 2.32. The van der Waals surface area contributed by atoms with Crippen LogP contribution in [0.25, 0.3) is 0 Å². The maximum absolute atomic E-state index is 11.1.